The third-order valence-corrected chi connectivity index (χ3v) is 2.93. The average Bonchev–Trinajstić information content (AvgIpc) is 2.80. The summed E-state index contributed by atoms with van der Waals surface area (Å²) < 4.78 is 0. The third-order valence-electron chi connectivity index (χ3n) is 2.00. The predicted octanol–water partition coefficient (Wildman–Crippen LogP) is 2.50. The van der Waals surface area contributed by atoms with E-state index in [4.69, 9.17) is 0 Å². The normalized spacial score (nSPS) is 16.8. The lowest BCUT2D eigenvalue weighted by molar-refractivity contribution is -0.116. The zero-order chi connectivity index (χ0) is 8.10. The first-order chi connectivity index (χ1) is 5.33. The van der Waals surface area contributed by atoms with Gasteiger partial charge in [-0.15, -0.1) is 0 Å². The molecule has 0 aromatic rings. The molecule has 1 aliphatic carbocycles. The fraction of sp³-hybridized carbons (Fsp3) is 0.889. The molecule has 1 rings (SSSR count). The van der Waals surface area contributed by atoms with E-state index in [0.717, 1.165) is 30.3 Å². The molecular formula is C9H16OS. The van der Waals surface area contributed by atoms with Crippen LogP contribution in [0.15, 0.2) is 0 Å². The van der Waals surface area contributed by atoms with E-state index in [1.807, 2.05) is 0 Å². The number of hydrogen-bond donors (Lipinski definition) is 0. The molecule has 0 saturated heterocycles. The Morgan fingerprint density at radius 2 is 2.27 bits per heavy atom. The van der Waals surface area contributed by atoms with Crippen molar-refractivity contribution in [2.45, 2.75) is 32.6 Å². The van der Waals surface area contributed by atoms with Crippen molar-refractivity contribution in [3.8, 4) is 0 Å². The Bertz CT molecular complexity index is 130. The minimum atomic E-state index is 0.448. The quantitative estimate of drug-likeness (QED) is 0.612. The second-order valence-corrected chi connectivity index (χ2v) is 4.43. The molecule has 1 aliphatic rings. The molecule has 0 bridgehead atoms. The zero-order valence-corrected chi connectivity index (χ0v) is 7.95. The Hall–Kier alpha value is 0.0200. The summed E-state index contributed by atoms with van der Waals surface area (Å²) in [6.45, 7) is 2.10. The highest BCUT2D eigenvalue weighted by Gasteiger charge is 2.21. The van der Waals surface area contributed by atoms with Gasteiger partial charge in [0.2, 0.25) is 0 Å². The minimum Gasteiger partial charge on any atom is -0.299 e. The molecule has 0 spiro atoms. The van der Waals surface area contributed by atoms with Crippen molar-refractivity contribution in [1.29, 1.82) is 0 Å². The number of carbonyl (C=O) groups is 1. The van der Waals surface area contributed by atoms with Gasteiger partial charge in [-0.05, 0) is 18.1 Å². The van der Waals surface area contributed by atoms with E-state index in [1.165, 1.54) is 12.8 Å². The molecule has 1 fully saturated rings. The lowest BCUT2D eigenvalue weighted by Gasteiger charge is -1.97. The molecule has 0 aromatic heterocycles. The topological polar surface area (TPSA) is 17.1 Å². The van der Waals surface area contributed by atoms with Gasteiger partial charge < -0.3 is 0 Å². The van der Waals surface area contributed by atoms with E-state index < -0.39 is 0 Å². The summed E-state index contributed by atoms with van der Waals surface area (Å²) in [5.74, 6) is 3.16. The van der Waals surface area contributed by atoms with Gasteiger partial charge in [0, 0.05) is 6.42 Å². The van der Waals surface area contributed by atoms with Crippen molar-refractivity contribution in [3.05, 3.63) is 0 Å². The first-order valence-electron chi connectivity index (χ1n) is 4.42. The van der Waals surface area contributed by atoms with E-state index in [0.29, 0.717) is 5.78 Å². The summed E-state index contributed by atoms with van der Waals surface area (Å²) in [4.78, 5) is 11.1. The van der Waals surface area contributed by atoms with Gasteiger partial charge in [0.05, 0.1) is 5.75 Å². The van der Waals surface area contributed by atoms with Gasteiger partial charge >= 0.3 is 0 Å². The van der Waals surface area contributed by atoms with Crippen LogP contribution in [0.2, 0.25) is 0 Å². The van der Waals surface area contributed by atoms with Gasteiger partial charge in [-0.2, -0.15) is 11.8 Å². The van der Waals surface area contributed by atoms with Crippen LogP contribution in [0, 0.1) is 5.92 Å². The minimum absolute atomic E-state index is 0.448. The molecule has 0 atom stereocenters. The fourth-order valence-corrected chi connectivity index (χ4v) is 1.64. The van der Waals surface area contributed by atoms with Gasteiger partial charge in [0.15, 0.2) is 0 Å². The highest BCUT2D eigenvalue weighted by atomic mass is 32.2. The molecule has 0 unspecified atom stereocenters. The van der Waals surface area contributed by atoms with Crippen LogP contribution in [-0.4, -0.2) is 17.3 Å². The lowest BCUT2D eigenvalue weighted by Crippen LogP contribution is -2.01. The van der Waals surface area contributed by atoms with Gasteiger partial charge in [-0.1, -0.05) is 19.8 Å². The van der Waals surface area contributed by atoms with Crippen molar-refractivity contribution < 1.29 is 4.79 Å². The highest BCUT2D eigenvalue weighted by Crippen LogP contribution is 2.33. The number of hydrogen-bond acceptors (Lipinski definition) is 2. The molecule has 0 aliphatic heterocycles. The Morgan fingerprint density at radius 1 is 1.55 bits per heavy atom. The summed E-state index contributed by atoms with van der Waals surface area (Å²) in [5, 5.41) is 0. The van der Waals surface area contributed by atoms with Gasteiger partial charge in [0.25, 0.3) is 0 Å². The van der Waals surface area contributed by atoms with E-state index in [9.17, 15) is 4.79 Å². The van der Waals surface area contributed by atoms with Crippen LogP contribution >= 0.6 is 11.8 Å². The summed E-state index contributed by atoms with van der Waals surface area (Å²) in [7, 11) is 0. The van der Waals surface area contributed by atoms with Crippen molar-refractivity contribution in [3.63, 3.8) is 0 Å². The second kappa shape index (κ2) is 4.81. The molecule has 11 heavy (non-hydrogen) atoms. The van der Waals surface area contributed by atoms with Gasteiger partial charge in [-0.3, -0.25) is 4.79 Å². The standard InChI is InChI=1S/C9H16OS/c1-2-11-7-9(10)6-5-8-3-4-8/h8H,2-7H2,1H3. The molecule has 64 valence electrons. The maximum absolute atomic E-state index is 11.1. The Kier molecular flexibility index (Phi) is 3.98. The summed E-state index contributed by atoms with van der Waals surface area (Å²) in [5.41, 5.74) is 0. The zero-order valence-electron chi connectivity index (χ0n) is 7.14. The molecule has 1 saturated carbocycles. The Balaban J connectivity index is 1.91. The van der Waals surface area contributed by atoms with Crippen molar-refractivity contribution >= 4 is 17.5 Å². The lowest BCUT2D eigenvalue weighted by atomic mass is 10.2. The van der Waals surface area contributed by atoms with Gasteiger partial charge in [-0.25, -0.2) is 0 Å². The Labute approximate surface area is 72.9 Å². The van der Waals surface area contributed by atoms with Gasteiger partial charge in [0.1, 0.15) is 5.78 Å². The maximum Gasteiger partial charge on any atom is 0.142 e. The van der Waals surface area contributed by atoms with Crippen molar-refractivity contribution in [2.24, 2.45) is 5.92 Å². The van der Waals surface area contributed by atoms with Crippen LogP contribution in [0.5, 0.6) is 0 Å². The maximum atomic E-state index is 11.1. The van der Waals surface area contributed by atoms with Crippen LogP contribution in [0.4, 0.5) is 0 Å². The molecular weight excluding hydrogens is 156 g/mol. The molecule has 0 amide bonds. The van der Waals surface area contributed by atoms with Crippen molar-refractivity contribution in [2.75, 3.05) is 11.5 Å². The second-order valence-electron chi connectivity index (χ2n) is 3.16. The molecule has 0 radical (unpaired) electrons. The largest absolute Gasteiger partial charge is 0.299 e. The number of rotatable bonds is 6. The fourth-order valence-electron chi connectivity index (χ4n) is 1.06. The Morgan fingerprint density at radius 3 is 2.82 bits per heavy atom. The monoisotopic (exact) mass is 172 g/mol. The van der Waals surface area contributed by atoms with E-state index in [1.54, 1.807) is 11.8 Å². The molecule has 0 N–H and O–H groups in total. The first-order valence-corrected chi connectivity index (χ1v) is 5.58. The SMILES string of the molecule is CCSCC(=O)CCC1CC1. The molecule has 0 aromatic carbocycles. The number of thioether (sulfide) groups is 1. The van der Waals surface area contributed by atoms with E-state index in [2.05, 4.69) is 6.92 Å². The number of carbonyl (C=O) groups excluding carboxylic acids is 1. The van der Waals surface area contributed by atoms with E-state index >= 15 is 0 Å². The molecule has 0 heterocycles. The highest BCUT2D eigenvalue weighted by molar-refractivity contribution is 7.99. The third kappa shape index (κ3) is 4.46. The summed E-state index contributed by atoms with van der Waals surface area (Å²) >= 11 is 1.74. The summed E-state index contributed by atoms with van der Waals surface area (Å²) in [6.07, 6.45) is 4.73. The smallest absolute Gasteiger partial charge is 0.142 e. The van der Waals surface area contributed by atoms with Crippen LogP contribution in [0.3, 0.4) is 0 Å². The average molecular weight is 172 g/mol. The van der Waals surface area contributed by atoms with Crippen LogP contribution in [0.25, 0.3) is 0 Å². The van der Waals surface area contributed by atoms with Crippen LogP contribution in [-0.2, 0) is 4.79 Å². The predicted molar refractivity (Wildman–Crippen MR) is 50.0 cm³/mol. The number of Topliss-reactive ketones (excluding diaryl/α,β-unsaturated/α-hetero) is 1. The summed E-state index contributed by atoms with van der Waals surface area (Å²) in [6, 6.07) is 0. The molecule has 2 heteroatoms. The van der Waals surface area contributed by atoms with Crippen molar-refractivity contribution in [1.82, 2.24) is 0 Å². The van der Waals surface area contributed by atoms with E-state index in [-0.39, 0.29) is 0 Å². The van der Waals surface area contributed by atoms with Crippen LogP contribution < -0.4 is 0 Å². The first kappa shape index (κ1) is 9.11. The number of ketones is 1. The molecule has 1 nitrogen and oxygen atoms in total. The van der Waals surface area contributed by atoms with Crippen LogP contribution in [0.1, 0.15) is 32.6 Å².